The highest BCUT2D eigenvalue weighted by Gasteiger charge is 2.25. The molecule has 0 atom stereocenters. The number of rotatable bonds is 4. The maximum atomic E-state index is 12.6. The number of hydrogen-bond acceptors (Lipinski definition) is 4. The smallest absolute Gasteiger partial charge is 0.328 e. The van der Waals surface area contributed by atoms with Gasteiger partial charge in [-0.1, -0.05) is 18.2 Å². The molecule has 1 aliphatic heterocycles. The summed E-state index contributed by atoms with van der Waals surface area (Å²) in [5, 5.41) is 1.89. The van der Waals surface area contributed by atoms with Gasteiger partial charge in [0.2, 0.25) is 5.91 Å². The van der Waals surface area contributed by atoms with Crippen LogP contribution in [-0.4, -0.2) is 56.9 Å². The third kappa shape index (κ3) is 3.35. The first-order valence-electron chi connectivity index (χ1n) is 9.31. The summed E-state index contributed by atoms with van der Waals surface area (Å²) in [6.45, 7) is 2.49. The van der Waals surface area contributed by atoms with Crippen LogP contribution in [0.25, 0.3) is 11.0 Å². The zero-order chi connectivity index (χ0) is 19.7. The lowest BCUT2D eigenvalue weighted by Crippen LogP contribution is -2.50. The second-order valence-corrected chi connectivity index (χ2v) is 7.83. The minimum absolute atomic E-state index is 0.0167. The molecule has 146 valence electrons. The fourth-order valence-electron chi connectivity index (χ4n) is 3.66. The Bertz CT molecular complexity index is 1060. The number of carbonyl (C=O) groups excluding carboxylic acids is 2. The van der Waals surface area contributed by atoms with Gasteiger partial charge < -0.3 is 9.80 Å². The summed E-state index contributed by atoms with van der Waals surface area (Å²) in [4.78, 5) is 41.8. The first-order valence-corrected chi connectivity index (χ1v) is 10.2. The van der Waals surface area contributed by atoms with Crippen molar-refractivity contribution >= 4 is 34.2 Å². The van der Waals surface area contributed by atoms with Crippen LogP contribution in [-0.2, 0) is 18.4 Å². The van der Waals surface area contributed by atoms with Crippen molar-refractivity contribution < 1.29 is 9.59 Å². The van der Waals surface area contributed by atoms with Crippen molar-refractivity contribution in [2.24, 2.45) is 7.05 Å². The number of fused-ring (bicyclic) bond motifs is 1. The Labute approximate surface area is 166 Å². The van der Waals surface area contributed by atoms with Crippen LogP contribution >= 0.6 is 11.3 Å². The molecule has 0 unspecified atom stereocenters. The highest BCUT2D eigenvalue weighted by atomic mass is 32.1. The van der Waals surface area contributed by atoms with E-state index in [0.717, 1.165) is 15.9 Å². The first-order chi connectivity index (χ1) is 13.6. The molecule has 0 saturated carbocycles. The van der Waals surface area contributed by atoms with Crippen LogP contribution in [0.3, 0.4) is 0 Å². The van der Waals surface area contributed by atoms with Crippen LogP contribution in [0.15, 0.2) is 46.6 Å². The molecule has 1 saturated heterocycles. The first kappa shape index (κ1) is 18.5. The molecule has 0 radical (unpaired) electrons. The molecule has 0 bridgehead atoms. The topological polar surface area (TPSA) is 67.6 Å². The van der Waals surface area contributed by atoms with E-state index >= 15 is 0 Å². The maximum absolute atomic E-state index is 12.6. The van der Waals surface area contributed by atoms with Crippen molar-refractivity contribution in [1.82, 2.24) is 18.9 Å². The molecule has 8 heteroatoms. The van der Waals surface area contributed by atoms with Crippen LogP contribution in [0.1, 0.15) is 16.1 Å². The van der Waals surface area contributed by atoms with Crippen LogP contribution in [0.2, 0.25) is 0 Å². The summed E-state index contributed by atoms with van der Waals surface area (Å²) in [6.07, 6.45) is 0.271. The zero-order valence-corrected chi connectivity index (χ0v) is 16.5. The van der Waals surface area contributed by atoms with Crippen LogP contribution in [0, 0.1) is 0 Å². The summed E-state index contributed by atoms with van der Waals surface area (Å²) in [7, 11) is 1.74. The van der Waals surface area contributed by atoms with Crippen molar-refractivity contribution in [1.29, 1.82) is 0 Å². The van der Waals surface area contributed by atoms with Gasteiger partial charge in [-0.25, -0.2) is 4.79 Å². The van der Waals surface area contributed by atoms with E-state index in [1.165, 1.54) is 11.3 Å². The standard InChI is InChI=1S/C20H22N4O3S/c1-21-15-5-2-3-6-16(15)24(20(21)27)9-8-18(25)22-10-12-23(13-11-22)19(26)17-7-4-14-28-17/h2-7,14H,8-13H2,1H3. The highest BCUT2D eigenvalue weighted by Crippen LogP contribution is 2.15. The molecule has 3 aromatic rings. The van der Waals surface area contributed by atoms with E-state index in [9.17, 15) is 14.4 Å². The molecular formula is C20H22N4O3S. The summed E-state index contributed by atoms with van der Waals surface area (Å²) in [6, 6.07) is 11.3. The van der Waals surface area contributed by atoms with E-state index in [1.54, 1.807) is 26.0 Å². The average molecular weight is 398 g/mol. The number of piperazine rings is 1. The summed E-state index contributed by atoms with van der Waals surface area (Å²) < 4.78 is 3.26. The molecule has 0 N–H and O–H groups in total. The van der Waals surface area contributed by atoms with Crippen LogP contribution in [0.4, 0.5) is 0 Å². The maximum Gasteiger partial charge on any atom is 0.328 e. The molecule has 0 spiro atoms. The molecular weight excluding hydrogens is 376 g/mol. The molecule has 1 aliphatic rings. The van der Waals surface area contributed by atoms with Gasteiger partial charge in [-0.05, 0) is 23.6 Å². The minimum Gasteiger partial charge on any atom is -0.339 e. The second-order valence-electron chi connectivity index (χ2n) is 6.88. The molecule has 7 nitrogen and oxygen atoms in total. The van der Waals surface area contributed by atoms with Gasteiger partial charge in [0.25, 0.3) is 5.91 Å². The number of imidazole rings is 1. The number of para-hydroxylation sites is 2. The van der Waals surface area contributed by atoms with E-state index in [0.29, 0.717) is 32.7 Å². The summed E-state index contributed by atoms with van der Waals surface area (Å²) in [5.74, 6) is 0.0486. The van der Waals surface area contributed by atoms with Gasteiger partial charge in [-0.3, -0.25) is 18.7 Å². The van der Waals surface area contributed by atoms with Gasteiger partial charge in [0.15, 0.2) is 0 Å². The zero-order valence-electron chi connectivity index (χ0n) is 15.7. The van der Waals surface area contributed by atoms with Crippen molar-refractivity contribution in [2.45, 2.75) is 13.0 Å². The Morgan fingerprint density at radius 2 is 1.64 bits per heavy atom. The number of benzene rings is 1. The number of thiophene rings is 1. The molecule has 28 heavy (non-hydrogen) atoms. The molecule has 0 aliphatic carbocycles. The highest BCUT2D eigenvalue weighted by molar-refractivity contribution is 7.12. The lowest BCUT2D eigenvalue weighted by Gasteiger charge is -2.34. The minimum atomic E-state index is -0.111. The van der Waals surface area contributed by atoms with Gasteiger partial charge in [0.05, 0.1) is 15.9 Å². The molecule has 4 rings (SSSR count). The Hall–Kier alpha value is -2.87. The van der Waals surface area contributed by atoms with E-state index in [2.05, 4.69) is 0 Å². The number of hydrogen-bond donors (Lipinski definition) is 0. The third-order valence-electron chi connectivity index (χ3n) is 5.25. The molecule has 2 aromatic heterocycles. The summed E-state index contributed by atoms with van der Waals surface area (Å²) in [5.41, 5.74) is 1.59. The Balaban J connectivity index is 1.36. The molecule has 1 fully saturated rings. The fourth-order valence-corrected chi connectivity index (χ4v) is 4.35. The molecule has 1 aromatic carbocycles. The van der Waals surface area contributed by atoms with E-state index in [-0.39, 0.29) is 23.9 Å². The van der Waals surface area contributed by atoms with Gasteiger partial charge >= 0.3 is 5.69 Å². The van der Waals surface area contributed by atoms with Crippen molar-refractivity contribution in [2.75, 3.05) is 26.2 Å². The monoisotopic (exact) mass is 398 g/mol. The predicted molar refractivity (Wildman–Crippen MR) is 109 cm³/mol. The van der Waals surface area contributed by atoms with Crippen molar-refractivity contribution in [3.63, 3.8) is 0 Å². The number of carbonyl (C=O) groups is 2. The Morgan fingerprint density at radius 1 is 0.964 bits per heavy atom. The number of aromatic nitrogens is 2. The van der Waals surface area contributed by atoms with E-state index in [4.69, 9.17) is 0 Å². The second kappa shape index (κ2) is 7.63. The van der Waals surface area contributed by atoms with Crippen molar-refractivity contribution in [3.8, 4) is 0 Å². The van der Waals surface area contributed by atoms with E-state index < -0.39 is 0 Å². The third-order valence-corrected chi connectivity index (χ3v) is 6.11. The van der Waals surface area contributed by atoms with E-state index in [1.807, 2.05) is 41.8 Å². The van der Waals surface area contributed by atoms with Gasteiger partial charge in [0, 0.05) is 46.2 Å². The van der Waals surface area contributed by atoms with Crippen LogP contribution < -0.4 is 5.69 Å². The van der Waals surface area contributed by atoms with Gasteiger partial charge in [-0.15, -0.1) is 11.3 Å². The largest absolute Gasteiger partial charge is 0.339 e. The quantitative estimate of drug-likeness (QED) is 0.673. The fraction of sp³-hybridized carbons (Fsp3) is 0.350. The van der Waals surface area contributed by atoms with Gasteiger partial charge in [0.1, 0.15) is 0 Å². The SMILES string of the molecule is Cn1c(=O)n(CCC(=O)N2CCN(C(=O)c3cccs3)CC2)c2ccccc21. The van der Waals surface area contributed by atoms with Crippen molar-refractivity contribution in [3.05, 3.63) is 57.1 Å². The Morgan fingerprint density at radius 3 is 2.32 bits per heavy atom. The number of aryl methyl sites for hydroxylation is 2. The number of amides is 2. The van der Waals surface area contributed by atoms with Crippen LogP contribution in [0.5, 0.6) is 0 Å². The molecule has 2 amide bonds. The normalized spacial score (nSPS) is 14.6. The predicted octanol–water partition coefficient (Wildman–Crippen LogP) is 1.78. The van der Waals surface area contributed by atoms with Gasteiger partial charge in [-0.2, -0.15) is 0 Å². The lowest BCUT2D eigenvalue weighted by atomic mass is 10.2. The molecule has 3 heterocycles. The average Bonchev–Trinajstić information content (AvgIpc) is 3.35. The summed E-state index contributed by atoms with van der Waals surface area (Å²) >= 11 is 1.44. The lowest BCUT2D eigenvalue weighted by molar-refractivity contribution is -0.132. The number of nitrogens with zero attached hydrogens (tertiary/aromatic N) is 4. The Kier molecular flexibility index (Phi) is 5.04.